The van der Waals surface area contributed by atoms with Gasteiger partial charge in [0.2, 0.25) is 0 Å². The molecule has 0 aliphatic rings. The van der Waals surface area contributed by atoms with Crippen LogP contribution >= 0.6 is 11.5 Å². The van der Waals surface area contributed by atoms with Crippen LogP contribution in [0.25, 0.3) is 0 Å². The minimum Gasteiger partial charge on any atom is -0.429 e. The molecule has 0 saturated carbocycles. The average molecular weight is 316 g/mol. The number of hydrogen-bond acceptors (Lipinski definition) is 8. The second kappa shape index (κ2) is 6.31. The molecule has 2 aromatic heterocycles. The highest BCUT2D eigenvalue weighted by atomic mass is 32.1. The van der Waals surface area contributed by atoms with Crippen LogP contribution < -0.4 is 4.74 Å². The highest BCUT2D eigenvalue weighted by Crippen LogP contribution is 2.28. The SMILES string of the molecule is CO/N=C(/c1ncn[nH]1)c1ccccc1Oc1nc(C)ns1. The molecule has 0 aliphatic heterocycles. The average Bonchev–Trinajstić information content (AvgIpc) is 3.18. The van der Waals surface area contributed by atoms with Gasteiger partial charge in [0, 0.05) is 11.5 Å². The quantitative estimate of drug-likeness (QED) is 0.572. The Balaban J connectivity index is 2.01. The zero-order valence-electron chi connectivity index (χ0n) is 11.8. The van der Waals surface area contributed by atoms with Gasteiger partial charge in [0.15, 0.2) is 11.5 Å². The first-order valence-corrected chi connectivity index (χ1v) is 7.09. The summed E-state index contributed by atoms with van der Waals surface area (Å²) in [6.45, 7) is 1.81. The van der Waals surface area contributed by atoms with Crippen LogP contribution in [0.3, 0.4) is 0 Å². The van der Waals surface area contributed by atoms with Gasteiger partial charge < -0.3 is 9.57 Å². The third-order valence-electron chi connectivity index (χ3n) is 2.67. The van der Waals surface area contributed by atoms with Gasteiger partial charge in [-0.1, -0.05) is 17.3 Å². The first-order valence-electron chi connectivity index (χ1n) is 6.32. The molecular formula is C13H12N6O2S. The molecule has 1 aromatic carbocycles. The molecule has 0 amide bonds. The van der Waals surface area contributed by atoms with Crippen molar-refractivity contribution in [3.05, 3.63) is 47.8 Å². The molecule has 112 valence electrons. The van der Waals surface area contributed by atoms with Gasteiger partial charge in [-0.2, -0.15) is 14.5 Å². The maximum absolute atomic E-state index is 5.80. The summed E-state index contributed by atoms with van der Waals surface area (Å²) in [5, 5.41) is 11.1. The fraction of sp³-hybridized carbons (Fsp3) is 0.154. The Morgan fingerprint density at radius 3 is 2.86 bits per heavy atom. The molecule has 9 heteroatoms. The minimum absolute atomic E-state index is 0.458. The summed E-state index contributed by atoms with van der Waals surface area (Å²) in [6, 6.07) is 7.39. The van der Waals surface area contributed by atoms with E-state index in [1.807, 2.05) is 31.2 Å². The summed E-state index contributed by atoms with van der Waals surface area (Å²) >= 11 is 1.19. The van der Waals surface area contributed by atoms with E-state index >= 15 is 0 Å². The molecule has 3 rings (SSSR count). The van der Waals surface area contributed by atoms with E-state index in [0.29, 0.717) is 33.9 Å². The standard InChI is InChI=1S/C13H12N6O2S/c1-8-16-13(22-19-8)21-10-6-4-3-5-9(10)11(18-20-2)12-14-7-15-17-12/h3-7H,1-2H3,(H,14,15,17)/b18-11+. The number of hydrogen-bond donors (Lipinski definition) is 1. The first kappa shape index (κ1) is 14.1. The molecule has 22 heavy (non-hydrogen) atoms. The summed E-state index contributed by atoms with van der Waals surface area (Å²) in [7, 11) is 1.47. The van der Waals surface area contributed by atoms with E-state index in [0.717, 1.165) is 0 Å². The summed E-state index contributed by atoms with van der Waals surface area (Å²) in [5.74, 6) is 1.72. The summed E-state index contributed by atoms with van der Waals surface area (Å²) in [6.07, 6.45) is 1.40. The van der Waals surface area contributed by atoms with Gasteiger partial charge in [0.05, 0.1) is 5.56 Å². The van der Waals surface area contributed by atoms with Crippen LogP contribution in [-0.2, 0) is 4.84 Å². The van der Waals surface area contributed by atoms with E-state index in [1.54, 1.807) is 0 Å². The Morgan fingerprint density at radius 1 is 1.32 bits per heavy atom. The van der Waals surface area contributed by atoms with Crippen LogP contribution in [0, 0.1) is 6.92 Å². The predicted octanol–water partition coefficient (Wildman–Crippen LogP) is 2.16. The van der Waals surface area contributed by atoms with Crippen molar-refractivity contribution < 1.29 is 9.57 Å². The van der Waals surface area contributed by atoms with E-state index in [1.165, 1.54) is 25.0 Å². The van der Waals surface area contributed by atoms with Gasteiger partial charge in [0.25, 0.3) is 5.19 Å². The predicted molar refractivity (Wildman–Crippen MR) is 80.2 cm³/mol. The topological polar surface area (TPSA) is 98.2 Å². The van der Waals surface area contributed by atoms with Gasteiger partial charge in [-0.25, -0.2) is 4.98 Å². The van der Waals surface area contributed by atoms with Crippen molar-refractivity contribution in [1.82, 2.24) is 24.5 Å². The van der Waals surface area contributed by atoms with E-state index in [4.69, 9.17) is 9.57 Å². The minimum atomic E-state index is 0.458. The number of nitrogens with one attached hydrogen (secondary N) is 1. The maximum atomic E-state index is 5.80. The zero-order chi connectivity index (χ0) is 15.4. The van der Waals surface area contributed by atoms with Gasteiger partial charge in [-0.3, -0.25) is 5.10 Å². The van der Waals surface area contributed by atoms with Gasteiger partial charge >= 0.3 is 0 Å². The molecule has 0 aliphatic carbocycles. The number of oxime groups is 1. The number of aromatic amines is 1. The summed E-state index contributed by atoms with van der Waals surface area (Å²) in [5.41, 5.74) is 1.19. The molecule has 0 saturated heterocycles. The van der Waals surface area contributed by atoms with Crippen molar-refractivity contribution >= 4 is 17.2 Å². The molecule has 0 radical (unpaired) electrons. The second-order valence-electron chi connectivity index (χ2n) is 4.16. The second-order valence-corrected chi connectivity index (χ2v) is 4.88. The molecular weight excluding hydrogens is 304 g/mol. The van der Waals surface area contributed by atoms with Crippen LogP contribution in [-0.4, -0.2) is 37.4 Å². The molecule has 1 N–H and O–H groups in total. The maximum Gasteiger partial charge on any atom is 0.298 e. The van der Waals surface area contributed by atoms with Gasteiger partial charge in [-0.15, -0.1) is 0 Å². The fourth-order valence-electron chi connectivity index (χ4n) is 1.80. The molecule has 0 unspecified atom stereocenters. The largest absolute Gasteiger partial charge is 0.429 e. The van der Waals surface area contributed by atoms with Crippen LogP contribution in [0.15, 0.2) is 35.7 Å². The van der Waals surface area contributed by atoms with Gasteiger partial charge in [-0.05, 0) is 19.1 Å². The number of ether oxygens (including phenoxy) is 1. The van der Waals surface area contributed by atoms with Crippen molar-refractivity contribution in [2.24, 2.45) is 5.16 Å². The lowest BCUT2D eigenvalue weighted by molar-refractivity contribution is 0.213. The molecule has 0 spiro atoms. The third-order valence-corrected chi connectivity index (χ3v) is 3.36. The van der Waals surface area contributed by atoms with Crippen molar-refractivity contribution in [1.29, 1.82) is 0 Å². The number of aromatic nitrogens is 5. The lowest BCUT2D eigenvalue weighted by atomic mass is 10.1. The lowest BCUT2D eigenvalue weighted by Gasteiger charge is -2.09. The highest BCUT2D eigenvalue weighted by molar-refractivity contribution is 7.07. The molecule has 8 nitrogen and oxygen atoms in total. The van der Waals surface area contributed by atoms with Crippen molar-refractivity contribution in [2.75, 3.05) is 7.11 Å². The van der Waals surface area contributed by atoms with Crippen molar-refractivity contribution in [3.8, 4) is 10.9 Å². The normalized spacial score (nSPS) is 11.5. The molecule has 0 bridgehead atoms. The first-order chi connectivity index (χ1) is 10.8. The highest BCUT2D eigenvalue weighted by Gasteiger charge is 2.17. The summed E-state index contributed by atoms with van der Waals surface area (Å²) < 4.78 is 9.90. The number of rotatable bonds is 5. The Bertz CT molecular complexity index is 783. The smallest absolute Gasteiger partial charge is 0.298 e. The molecule has 3 aromatic rings. The Labute approximate surface area is 130 Å². The van der Waals surface area contributed by atoms with E-state index in [9.17, 15) is 0 Å². The van der Waals surface area contributed by atoms with Crippen LogP contribution in [0.4, 0.5) is 0 Å². The Kier molecular flexibility index (Phi) is 4.05. The molecule has 0 fully saturated rings. The van der Waals surface area contributed by atoms with Crippen molar-refractivity contribution in [3.63, 3.8) is 0 Å². The van der Waals surface area contributed by atoms with Crippen molar-refractivity contribution in [2.45, 2.75) is 6.92 Å². The van der Waals surface area contributed by atoms with Crippen LogP contribution in [0.1, 0.15) is 17.2 Å². The van der Waals surface area contributed by atoms with E-state index < -0.39 is 0 Å². The zero-order valence-corrected chi connectivity index (χ0v) is 12.7. The third kappa shape index (κ3) is 2.93. The van der Waals surface area contributed by atoms with E-state index in [2.05, 4.69) is 29.7 Å². The Morgan fingerprint density at radius 2 is 2.18 bits per heavy atom. The van der Waals surface area contributed by atoms with Crippen LogP contribution in [0.5, 0.6) is 10.9 Å². The molecule has 2 heterocycles. The fourth-order valence-corrected chi connectivity index (χ4v) is 2.35. The molecule has 0 atom stereocenters. The van der Waals surface area contributed by atoms with E-state index in [-0.39, 0.29) is 0 Å². The van der Waals surface area contributed by atoms with Gasteiger partial charge in [0.1, 0.15) is 25.0 Å². The number of nitrogens with zero attached hydrogens (tertiary/aromatic N) is 5. The number of H-pyrrole nitrogens is 1. The number of para-hydroxylation sites is 1. The number of benzene rings is 1. The lowest BCUT2D eigenvalue weighted by Crippen LogP contribution is -2.08. The summed E-state index contributed by atoms with van der Waals surface area (Å²) in [4.78, 5) is 13.2. The van der Waals surface area contributed by atoms with Crippen LogP contribution in [0.2, 0.25) is 0 Å². The monoisotopic (exact) mass is 316 g/mol. The Hall–Kier alpha value is -2.81. The number of aryl methyl sites for hydroxylation is 1.